The van der Waals surface area contributed by atoms with Gasteiger partial charge in [-0.05, 0) is 18.2 Å². The van der Waals surface area contributed by atoms with Crippen LogP contribution in [0.2, 0.25) is 0 Å². The summed E-state index contributed by atoms with van der Waals surface area (Å²) in [6.45, 7) is 1.32. The maximum Gasteiger partial charge on any atom is 0.308 e. The molecule has 0 saturated heterocycles. The van der Waals surface area contributed by atoms with Crippen molar-refractivity contribution in [3.63, 3.8) is 0 Å². The first-order valence-electron chi connectivity index (χ1n) is 3.99. The van der Waals surface area contributed by atoms with E-state index in [0.717, 1.165) is 0 Å². The van der Waals surface area contributed by atoms with Crippen molar-refractivity contribution in [1.29, 1.82) is 0 Å². The molecular formula is C10H11O4. The Labute approximate surface area is 82.4 Å². The summed E-state index contributed by atoms with van der Waals surface area (Å²) in [4.78, 5) is 10.8. The lowest BCUT2D eigenvalue weighted by molar-refractivity contribution is -0.132. The molecule has 0 amide bonds. The molecule has 1 radical (unpaired) electrons. The number of rotatable bonds is 3. The second-order valence-corrected chi connectivity index (χ2v) is 2.51. The molecule has 0 aliphatic heterocycles. The molecule has 0 atom stereocenters. The first-order chi connectivity index (χ1) is 6.69. The van der Waals surface area contributed by atoms with Crippen LogP contribution in [0.25, 0.3) is 0 Å². The van der Waals surface area contributed by atoms with Crippen molar-refractivity contribution in [1.82, 2.24) is 0 Å². The summed E-state index contributed by atoms with van der Waals surface area (Å²) < 4.78 is 14.9. The molecule has 1 aromatic rings. The van der Waals surface area contributed by atoms with E-state index >= 15 is 0 Å². The lowest BCUT2D eigenvalue weighted by atomic mass is 10.3. The number of methoxy groups -OCH3 is 2. The molecule has 0 bridgehead atoms. The second kappa shape index (κ2) is 4.50. The number of hydrogen-bond acceptors (Lipinski definition) is 4. The van der Waals surface area contributed by atoms with Gasteiger partial charge in [-0.3, -0.25) is 4.79 Å². The van der Waals surface area contributed by atoms with Crippen molar-refractivity contribution in [3.05, 3.63) is 18.2 Å². The monoisotopic (exact) mass is 195 g/mol. The minimum atomic E-state index is -0.423. The largest absolute Gasteiger partial charge is 0.493 e. The van der Waals surface area contributed by atoms with Crippen molar-refractivity contribution in [2.24, 2.45) is 0 Å². The van der Waals surface area contributed by atoms with Crippen LogP contribution in [0.5, 0.6) is 17.2 Å². The number of carbonyl (C=O) groups is 1. The molecule has 1 aromatic carbocycles. The van der Waals surface area contributed by atoms with Gasteiger partial charge in [-0.1, -0.05) is 0 Å². The van der Waals surface area contributed by atoms with E-state index < -0.39 is 5.97 Å². The van der Waals surface area contributed by atoms with Crippen LogP contribution in [-0.4, -0.2) is 20.2 Å². The van der Waals surface area contributed by atoms with Crippen LogP contribution in [0.4, 0.5) is 0 Å². The van der Waals surface area contributed by atoms with Gasteiger partial charge in [0.1, 0.15) is 0 Å². The SMILES string of the molecule is COc1c[c]cc(OC)c1OC(C)=O. The van der Waals surface area contributed by atoms with E-state index in [1.54, 1.807) is 12.1 Å². The second-order valence-electron chi connectivity index (χ2n) is 2.51. The van der Waals surface area contributed by atoms with Gasteiger partial charge in [0.25, 0.3) is 0 Å². The van der Waals surface area contributed by atoms with Gasteiger partial charge in [0.15, 0.2) is 11.5 Å². The highest BCUT2D eigenvalue weighted by atomic mass is 16.6. The summed E-state index contributed by atoms with van der Waals surface area (Å²) in [6, 6.07) is 5.94. The average molecular weight is 195 g/mol. The molecule has 4 heteroatoms. The molecule has 0 N–H and O–H groups in total. The van der Waals surface area contributed by atoms with Crippen LogP contribution in [-0.2, 0) is 4.79 Å². The first-order valence-corrected chi connectivity index (χ1v) is 3.99. The van der Waals surface area contributed by atoms with E-state index in [-0.39, 0.29) is 5.75 Å². The molecule has 0 spiro atoms. The standard InChI is InChI=1S/C10H11O4/c1-7(11)14-10-8(12-2)5-4-6-9(10)13-3/h5-6H,1-3H3. The highest BCUT2D eigenvalue weighted by molar-refractivity contribution is 5.72. The fourth-order valence-electron chi connectivity index (χ4n) is 0.993. The molecule has 0 unspecified atom stereocenters. The number of benzene rings is 1. The highest BCUT2D eigenvalue weighted by Gasteiger charge is 2.12. The van der Waals surface area contributed by atoms with Gasteiger partial charge in [-0.25, -0.2) is 0 Å². The zero-order chi connectivity index (χ0) is 10.6. The molecule has 0 saturated carbocycles. The Kier molecular flexibility index (Phi) is 3.34. The van der Waals surface area contributed by atoms with Gasteiger partial charge in [-0.2, -0.15) is 0 Å². The van der Waals surface area contributed by atoms with Crippen LogP contribution in [0.3, 0.4) is 0 Å². The molecule has 0 fully saturated rings. The third-order valence-electron chi connectivity index (χ3n) is 1.56. The normalized spacial score (nSPS) is 9.36. The summed E-state index contributed by atoms with van der Waals surface area (Å²) in [5, 5.41) is 0. The minimum Gasteiger partial charge on any atom is -0.493 e. The lowest BCUT2D eigenvalue weighted by Gasteiger charge is -2.10. The van der Waals surface area contributed by atoms with E-state index in [9.17, 15) is 4.79 Å². The van der Waals surface area contributed by atoms with Crippen LogP contribution in [0.15, 0.2) is 12.1 Å². The van der Waals surface area contributed by atoms with E-state index in [2.05, 4.69) is 6.07 Å². The summed E-state index contributed by atoms with van der Waals surface area (Å²) in [5.41, 5.74) is 0. The van der Waals surface area contributed by atoms with Gasteiger partial charge >= 0.3 is 5.97 Å². The van der Waals surface area contributed by atoms with Gasteiger partial charge in [0, 0.05) is 6.92 Å². The van der Waals surface area contributed by atoms with Crippen LogP contribution in [0.1, 0.15) is 6.92 Å². The fraction of sp³-hybridized carbons (Fsp3) is 0.300. The van der Waals surface area contributed by atoms with Crippen molar-refractivity contribution in [2.45, 2.75) is 6.92 Å². The molecule has 0 aliphatic carbocycles. The summed E-state index contributed by atoms with van der Waals surface area (Å²) in [7, 11) is 2.96. The number of esters is 1. The van der Waals surface area contributed by atoms with Crippen LogP contribution < -0.4 is 14.2 Å². The molecule has 0 heterocycles. The maximum absolute atomic E-state index is 10.8. The summed E-state index contributed by atoms with van der Waals surface area (Å²) in [5.74, 6) is 0.688. The highest BCUT2D eigenvalue weighted by Crippen LogP contribution is 2.36. The summed E-state index contributed by atoms with van der Waals surface area (Å²) in [6.07, 6.45) is 0. The Hall–Kier alpha value is -1.71. The lowest BCUT2D eigenvalue weighted by Crippen LogP contribution is -2.04. The van der Waals surface area contributed by atoms with Crippen molar-refractivity contribution >= 4 is 5.97 Å². The number of ether oxygens (including phenoxy) is 3. The summed E-state index contributed by atoms with van der Waals surface area (Å²) >= 11 is 0. The molecule has 0 aromatic heterocycles. The quantitative estimate of drug-likeness (QED) is 0.540. The van der Waals surface area contributed by atoms with E-state index in [1.807, 2.05) is 0 Å². The van der Waals surface area contributed by atoms with E-state index in [0.29, 0.717) is 11.5 Å². The molecule has 14 heavy (non-hydrogen) atoms. The molecule has 0 aliphatic rings. The molecule has 75 valence electrons. The first kappa shape index (κ1) is 10.4. The van der Waals surface area contributed by atoms with Gasteiger partial charge in [-0.15, -0.1) is 0 Å². The third kappa shape index (κ3) is 2.16. The van der Waals surface area contributed by atoms with Crippen molar-refractivity contribution < 1.29 is 19.0 Å². The smallest absolute Gasteiger partial charge is 0.308 e. The van der Waals surface area contributed by atoms with Crippen molar-refractivity contribution in [2.75, 3.05) is 14.2 Å². The Balaban J connectivity index is 3.12. The fourth-order valence-corrected chi connectivity index (χ4v) is 0.993. The Morgan fingerprint density at radius 1 is 1.21 bits per heavy atom. The van der Waals surface area contributed by atoms with Gasteiger partial charge in [0.2, 0.25) is 5.75 Å². The molecular weight excluding hydrogens is 184 g/mol. The third-order valence-corrected chi connectivity index (χ3v) is 1.56. The van der Waals surface area contributed by atoms with E-state index in [1.165, 1.54) is 21.1 Å². The Morgan fingerprint density at radius 3 is 2.07 bits per heavy atom. The number of hydrogen-bond donors (Lipinski definition) is 0. The topological polar surface area (TPSA) is 44.8 Å². The van der Waals surface area contributed by atoms with Gasteiger partial charge in [0.05, 0.1) is 14.2 Å². The van der Waals surface area contributed by atoms with E-state index in [4.69, 9.17) is 14.2 Å². The van der Waals surface area contributed by atoms with Crippen LogP contribution in [0, 0.1) is 6.07 Å². The Morgan fingerprint density at radius 2 is 1.71 bits per heavy atom. The van der Waals surface area contributed by atoms with Crippen LogP contribution >= 0.6 is 0 Å². The average Bonchev–Trinajstić information content (AvgIpc) is 2.17. The zero-order valence-electron chi connectivity index (χ0n) is 8.29. The number of carbonyl (C=O) groups excluding carboxylic acids is 1. The zero-order valence-corrected chi connectivity index (χ0v) is 8.29. The van der Waals surface area contributed by atoms with Gasteiger partial charge < -0.3 is 14.2 Å². The predicted octanol–water partition coefficient (Wildman–Crippen LogP) is 1.43. The van der Waals surface area contributed by atoms with Crippen molar-refractivity contribution in [3.8, 4) is 17.2 Å². The molecule has 1 rings (SSSR count). The Bertz CT molecular complexity index is 311. The minimum absolute atomic E-state index is 0.279. The maximum atomic E-state index is 10.8. The predicted molar refractivity (Wildman–Crippen MR) is 49.7 cm³/mol. The molecule has 4 nitrogen and oxygen atoms in total.